The molecule has 0 radical (unpaired) electrons. The van der Waals surface area contributed by atoms with Crippen molar-refractivity contribution in [2.24, 2.45) is 0 Å². The molecule has 0 atom stereocenters. The third-order valence-corrected chi connectivity index (χ3v) is 6.91. The highest BCUT2D eigenvalue weighted by Gasteiger charge is 2.24. The van der Waals surface area contributed by atoms with Crippen molar-refractivity contribution in [3.8, 4) is 28.5 Å². The lowest BCUT2D eigenvalue weighted by Gasteiger charge is -2.29. The Bertz CT molecular complexity index is 1470. The van der Waals surface area contributed by atoms with E-state index >= 15 is 0 Å². The highest BCUT2D eigenvalue weighted by Crippen LogP contribution is 2.42. The van der Waals surface area contributed by atoms with E-state index in [2.05, 4.69) is 41.1 Å². The van der Waals surface area contributed by atoms with Crippen LogP contribution in [0.4, 0.5) is 0 Å². The molecule has 0 unspecified atom stereocenters. The summed E-state index contributed by atoms with van der Waals surface area (Å²) in [6.45, 7) is 6.51. The Morgan fingerprint density at radius 1 is 1.05 bits per heavy atom. The fourth-order valence-corrected chi connectivity index (χ4v) is 5.00. The van der Waals surface area contributed by atoms with Crippen molar-refractivity contribution in [1.82, 2.24) is 19.6 Å². The first kappa shape index (κ1) is 25.4. The van der Waals surface area contributed by atoms with E-state index in [1.807, 2.05) is 28.8 Å². The minimum atomic E-state index is -0.160. The number of pyridine rings is 1. The average Bonchev–Trinajstić information content (AvgIpc) is 3.32. The second kappa shape index (κ2) is 11.0. The third-order valence-electron chi connectivity index (χ3n) is 6.91. The van der Waals surface area contributed by atoms with Crippen LogP contribution < -0.4 is 19.5 Å². The molecule has 0 saturated carbocycles. The molecular weight excluding hydrogens is 480 g/mol. The maximum atomic E-state index is 12.8. The number of aromatic nitrogens is 2. The van der Waals surface area contributed by atoms with Gasteiger partial charge in [-0.25, -0.2) is 4.98 Å². The number of fused-ring (bicyclic) bond motifs is 2. The quantitative estimate of drug-likeness (QED) is 0.333. The largest absolute Gasteiger partial charge is 0.493 e. The standard InChI is InChI=1S/C30H32N4O4/c1-5-13-31-30(35)22-10-11-27-32-28(23-15-25(36-2)29(38-4)26(16-23)37-3)24(34(27)18-22)19-33-14-12-20-8-6-7-9-21(20)17-33/h5-11,15-16,18H,1,12-14,17,19H2,2-4H3,(H,31,35). The van der Waals surface area contributed by atoms with E-state index in [0.29, 0.717) is 35.9 Å². The Kier molecular flexibility index (Phi) is 7.33. The van der Waals surface area contributed by atoms with Crippen molar-refractivity contribution >= 4 is 11.6 Å². The number of hydrogen-bond donors (Lipinski definition) is 1. The zero-order valence-corrected chi connectivity index (χ0v) is 22.0. The molecule has 1 aliphatic rings. The number of carbonyl (C=O) groups is 1. The highest BCUT2D eigenvalue weighted by atomic mass is 16.5. The van der Waals surface area contributed by atoms with Crippen LogP contribution in [-0.4, -0.2) is 54.6 Å². The summed E-state index contributed by atoms with van der Waals surface area (Å²) in [5, 5.41) is 2.86. The Hall–Kier alpha value is -4.30. The van der Waals surface area contributed by atoms with E-state index < -0.39 is 0 Å². The summed E-state index contributed by atoms with van der Waals surface area (Å²) in [5.41, 5.74) is 6.66. The molecule has 8 heteroatoms. The Morgan fingerprint density at radius 2 is 1.79 bits per heavy atom. The summed E-state index contributed by atoms with van der Waals surface area (Å²) in [6, 6.07) is 16.1. The Labute approximate surface area is 222 Å². The van der Waals surface area contributed by atoms with E-state index in [-0.39, 0.29) is 5.91 Å². The number of carbonyl (C=O) groups excluding carboxylic acids is 1. The fraction of sp³-hybridized carbons (Fsp3) is 0.267. The average molecular weight is 513 g/mol. The molecular formula is C30H32N4O4. The monoisotopic (exact) mass is 512 g/mol. The lowest BCUT2D eigenvalue weighted by molar-refractivity contribution is 0.0957. The van der Waals surface area contributed by atoms with Crippen molar-refractivity contribution in [2.45, 2.75) is 19.5 Å². The molecule has 0 bridgehead atoms. The second-order valence-corrected chi connectivity index (χ2v) is 9.20. The summed E-state index contributed by atoms with van der Waals surface area (Å²) >= 11 is 0. The minimum Gasteiger partial charge on any atom is -0.493 e. The maximum Gasteiger partial charge on any atom is 0.253 e. The molecule has 196 valence electrons. The van der Waals surface area contributed by atoms with Crippen molar-refractivity contribution < 1.29 is 19.0 Å². The second-order valence-electron chi connectivity index (χ2n) is 9.20. The predicted molar refractivity (Wildman–Crippen MR) is 147 cm³/mol. The Balaban J connectivity index is 1.62. The molecule has 4 aromatic rings. The van der Waals surface area contributed by atoms with E-state index in [1.165, 1.54) is 11.1 Å². The van der Waals surface area contributed by atoms with Crippen LogP contribution in [0.1, 0.15) is 27.2 Å². The minimum absolute atomic E-state index is 0.160. The van der Waals surface area contributed by atoms with Crippen LogP contribution in [0.2, 0.25) is 0 Å². The summed E-state index contributed by atoms with van der Waals surface area (Å²) < 4.78 is 18.8. The van der Waals surface area contributed by atoms with Gasteiger partial charge < -0.3 is 23.9 Å². The number of imidazole rings is 1. The van der Waals surface area contributed by atoms with Crippen LogP contribution in [0.5, 0.6) is 17.2 Å². The van der Waals surface area contributed by atoms with Crippen molar-refractivity contribution in [3.05, 3.63) is 89.8 Å². The predicted octanol–water partition coefficient (Wildman–Crippen LogP) is 4.50. The molecule has 0 spiro atoms. The number of nitrogens with one attached hydrogen (secondary N) is 1. The van der Waals surface area contributed by atoms with Crippen molar-refractivity contribution in [2.75, 3.05) is 34.4 Å². The molecule has 38 heavy (non-hydrogen) atoms. The van der Waals surface area contributed by atoms with Crippen molar-refractivity contribution in [1.29, 1.82) is 0 Å². The number of ether oxygens (including phenoxy) is 3. The van der Waals surface area contributed by atoms with Gasteiger partial charge in [-0.15, -0.1) is 6.58 Å². The Morgan fingerprint density at radius 3 is 2.47 bits per heavy atom. The summed E-state index contributed by atoms with van der Waals surface area (Å²) in [7, 11) is 4.79. The zero-order valence-electron chi connectivity index (χ0n) is 22.0. The number of hydrogen-bond acceptors (Lipinski definition) is 6. The zero-order chi connectivity index (χ0) is 26.6. The molecule has 1 aliphatic heterocycles. The number of rotatable bonds is 9. The van der Waals surface area contributed by atoms with E-state index in [1.54, 1.807) is 33.5 Å². The van der Waals surface area contributed by atoms with Crippen LogP contribution in [-0.2, 0) is 19.5 Å². The van der Waals surface area contributed by atoms with Crippen LogP contribution in [0.25, 0.3) is 16.9 Å². The smallest absolute Gasteiger partial charge is 0.253 e. The van der Waals surface area contributed by atoms with Crippen LogP contribution in [0, 0.1) is 0 Å². The summed E-state index contributed by atoms with van der Waals surface area (Å²) in [5.74, 6) is 1.48. The van der Waals surface area contributed by atoms with Crippen LogP contribution >= 0.6 is 0 Å². The number of benzene rings is 2. The topological polar surface area (TPSA) is 77.3 Å². The third kappa shape index (κ3) is 4.82. The van der Waals surface area contributed by atoms with Gasteiger partial charge in [0.15, 0.2) is 11.5 Å². The van der Waals surface area contributed by atoms with Crippen LogP contribution in [0.3, 0.4) is 0 Å². The van der Waals surface area contributed by atoms with Gasteiger partial charge in [-0.05, 0) is 41.8 Å². The number of nitrogens with zero attached hydrogens (tertiary/aromatic N) is 3. The maximum absolute atomic E-state index is 12.8. The molecule has 2 aromatic carbocycles. The van der Waals surface area contributed by atoms with Gasteiger partial charge in [0.1, 0.15) is 5.65 Å². The lowest BCUT2D eigenvalue weighted by atomic mass is 9.99. The molecule has 8 nitrogen and oxygen atoms in total. The molecule has 1 N–H and O–H groups in total. The summed E-state index contributed by atoms with van der Waals surface area (Å²) in [6.07, 6.45) is 4.51. The van der Waals surface area contributed by atoms with E-state index in [9.17, 15) is 4.79 Å². The first-order valence-electron chi connectivity index (χ1n) is 12.6. The van der Waals surface area contributed by atoms with E-state index in [4.69, 9.17) is 19.2 Å². The SMILES string of the molecule is C=CCNC(=O)c1ccc2nc(-c3cc(OC)c(OC)c(OC)c3)c(CN3CCc4ccccc4C3)n2c1. The van der Waals surface area contributed by atoms with Gasteiger partial charge in [0, 0.05) is 37.9 Å². The normalized spacial score (nSPS) is 13.1. The van der Waals surface area contributed by atoms with Crippen LogP contribution in [0.15, 0.2) is 67.4 Å². The van der Waals surface area contributed by atoms with Gasteiger partial charge in [-0.2, -0.15) is 0 Å². The lowest BCUT2D eigenvalue weighted by Crippen LogP contribution is -2.30. The van der Waals surface area contributed by atoms with Gasteiger partial charge in [0.25, 0.3) is 5.91 Å². The first-order valence-corrected chi connectivity index (χ1v) is 12.6. The van der Waals surface area contributed by atoms with E-state index in [0.717, 1.165) is 42.1 Å². The molecule has 2 aromatic heterocycles. The number of amides is 1. The van der Waals surface area contributed by atoms with Gasteiger partial charge in [-0.1, -0.05) is 30.3 Å². The highest BCUT2D eigenvalue weighted by molar-refractivity contribution is 5.94. The first-order chi connectivity index (χ1) is 18.6. The molecule has 3 heterocycles. The molecule has 1 amide bonds. The van der Waals surface area contributed by atoms with Gasteiger partial charge >= 0.3 is 0 Å². The van der Waals surface area contributed by atoms with Gasteiger partial charge in [0.05, 0.1) is 38.3 Å². The molecule has 5 rings (SSSR count). The molecule has 0 fully saturated rings. The molecule has 0 aliphatic carbocycles. The summed E-state index contributed by atoms with van der Waals surface area (Å²) in [4.78, 5) is 20.2. The van der Waals surface area contributed by atoms with Gasteiger partial charge in [-0.3, -0.25) is 9.69 Å². The number of methoxy groups -OCH3 is 3. The fourth-order valence-electron chi connectivity index (χ4n) is 5.00. The molecule has 0 saturated heterocycles. The van der Waals surface area contributed by atoms with Crippen molar-refractivity contribution in [3.63, 3.8) is 0 Å². The van der Waals surface area contributed by atoms with Gasteiger partial charge in [0.2, 0.25) is 5.75 Å².